The van der Waals surface area contributed by atoms with Crippen molar-refractivity contribution in [2.45, 2.75) is 19.9 Å². The normalized spacial score (nSPS) is 15.8. The molecule has 0 spiro atoms. The molecule has 1 aliphatic rings. The number of aromatic nitrogens is 1. The van der Waals surface area contributed by atoms with E-state index in [1.807, 2.05) is 25.1 Å². The molecular weight excluding hydrogens is 468 g/mol. The van der Waals surface area contributed by atoms with Crippen molar-refractivity contribution in [2.75, 3.05) is 18.6 Å². The van der Waals surface area contributed by atoms with E-state index >= 15 is 0 Å². The Bertz CT molecular complexity index is 1480. The molecule has 0 aliphatic carbocycles. The van der Waals surface area contributed by atoms with Crippen LogP contribution in [-0.4, -0.2) is 35.5 Å². The highest BCUT2D eigenvalue weighted by molar-refractivity contribution is 7.22. The summed E-state index contributed by atoms with van der Waals surface area (Å²) in [5.74, 6) is -0.0929. The van der Waals surface area contributed by atoms with Gasteiger partial charge in [0.1, 0.15) is 17.3 Å². The molecule has 0 bridgehead atoms. The predicted molar refractivity (Wildman–Crippen MR) is 131 cm³/mol. The van der Waals surface area contributed by atoms with E-state index < -0.39 is 23.5 Å². The molecule has 2 aromatic carbocycles. The number of furan rings is 1. The van der Waals surface area contributed by atoms with Crippen LogP contribution in [0.3, 0.4) is 0 Å². The molecule has 3 heterocycles. The zero-order valence-corrected chi connectivity index (χ0v) is 20.1. The Morgan fingerprint density at radius 1 is 1.17 bits per heavy atom. The average Bonchev–Trinajstić information content (AvgIpc) is 3.55. The second-order valence-corrected chi connectivity index (χ2v) is 8.92. The van der Waals surface area contributed by atoms with E-state index in [0.717, 1.165) is 4.70 Å². The maximum atomic E-state index is 13.5. The summed E-state index contributed by atoms with van der Waals surface area (Å²) in [4.78, 5) is 32.8. The number of aliphatic hydroxyl groups is 1. The van der Waals surface area contributed by atoms with Crippen molar-refractivity contribution < 1.29 is 28.6 Å². The van der Waals surface area contributed by atoms with Gasteiger partial charge in [0.15, 0.2) is 16.7 Å². The van der Waals surface area contributed by atoms with Gasteiger partial charge in [-0.3, -0.25) is 14.5 Å². The highest BCUT2D eigenvalue weighted by atomic mass is 32.1. The molecule has 0 unspecified atom stereocenters. The summed E-state index contributed by atoms with van der Waals surface area (Å²) >= 11 is 1.27. The number of Topliss-reactive ketones (excluding diaryl/α,β-unsaturated/α-hetero) is 1. The lowest BCUT2D eigenvalue weighted by atomic mass is 9.95. The zero-order chi connectivity index (χ0) is 24.7. The molecule has 0 saturated heterocycles. The third-order valence-electron chi connectivity index (χ3n) is 5.69. The Kier molecular flexibility index (Phi) is 5.78. The summed E-state index contributed by atoms with van der Waals surface area (Å²) in [6.45, 7) is 4.14. The summed E-state index contributed by atoms with van der Waals surface area (Å²) in [6.07, 6.45) is 0. The highest BCUT2D eigenvalue weighted by Gasteiger charge is 2.46. The van der Waals surface area contributed by atoms with Crippen molar-refractivity contribution >= 4 is 38.4 Å². The molecule has 5 rings (SSSR count). The third-order valence-corrected chi connectivity index (χ3v) is 6.71. The lowest BCUT2D eigenvalue weighted by Crippen LogP contribution is -2.31. The SMILES string of the molecule is CCOc1ccc2nc(N3C(=O)C(O)=C(C(=O)c4ccc(C)o4)[C@H]3c3cccc(OC)c3)sc2c1. The molecule has 4 aromatic rings. The molecule has 1 N–H and O–H groups in total. The summed E-state index contributed by atoms with van der Waals surface area (Å²) in [5, 5.41) is 11.3. The van der Waals surface area contributed by atoms with E-state index in [4.69, 9.17) is 13.9 Å². The number of benzene rings is 2. The molecule has 1 atom stereocenters. The standard InChI is InChI=1S/C26H22N2O6S/c1-4-33-17-9-10-18-20(13-17)35-26(27-18)28-22(15-6-5-7-16(12-15)32-3)21(24(30)25(28)31)23(29)19-11-8-14(2)34-19/h5-13,22,30H,4H2,1-3H3/t22-/m1/s1. The van der Waals surface area contributed by atoms with Crippen LogP contribution in [0.2, 0.25) is 0 Å². The Morgan fingerprint density at radius 3 is 2.71 bits per heavy atom. The molecular formula is C26H22N2O6S. The minimum atomic E-state index is -0.928. The number of carbonyl (C=O) groups excluding carboxylic acids is 2. The molecule has 0 radical (unpaired) electrons. The number of ketones is 1. The molecule has 8 nitrogen and oxygen atoms in total. The summed E-state index contributed by atoms with van der Waals surface area (Å²) in [7, 11) is 1.53. The number of hydrogen-bond acceptors (Lipinski definition) is 8. The van der Waals surface area contributed by atoms with Crippen LogP contribution < -0.4 is 14.4 Å². The fourth-order valence-corrected chi connectivity index (χ4v) is 5.12. The molecule has 0 fully saturated rings. The van der Waals surface area contributed by atoms with Crippen LogP contribution in [-0.2, 0) is 4.79 Å². The van der Waals surface area contributed by atoms with Gasteiger partial charge >= 0.3 is 0 Å². The number of methoxy groups -OCH3 is 1. The predicted octanol–water partition coefficient (Wildman–Crippen LogP) is 5.39. The van der Waals surface area contributed by atoms with E-state index in [2.05, 4.69) is 4.98 Å². The largest absolute Gasteiger partial charge is 0.503 e. The number of nitrogens with zero attached hydrogens (tertiary/aromatic N) is 2. The maximum absolute atomic E-state index is 13.5. The van der Waals surface area contributed by atoms with E-state index in [9.17, 15) is 14.7 Å². The van der Waals surface area contributed by atoms with Gasteiger partial charge < -0.3 is 19.0 Å². The van der Waals surface area contributed by atoms with Gasteiger partial charge in [0, 0.05) is 0 Å². The second kappa shape index (κ2) is 8.92. The number of thiazole rings is 1. The molecule has 1 aliphatic heterocycles. The first-order chi connectivity index (χ1) is 16.9. The molecule has 9 heteroatoms. The van der Waals surface area contributed by atoms with E-state index in [0.29, 0.717) is 40.1 Å². The van der Waals surface area contributed by atoms with E-state index in [1.165, 1.54) is 29.4 Å². The van der Waals surface area contributed by atoms with Crippen LogP contribution in [0.15, 0.2) is 70.3 Å². The van der Waals surface area contributed by atoms with Crippen molar-refractivity contribution in [1.82, 2.24) is 4.98 Å². The van der Waals surface area contributed by atoms with Crippen LogP contribution >= 0.6 is 11.3 Å². The number of amides is 1. The van der Waals surface area contributed by atoms with Gasteiger partial charge in [0.25, 0.3) is 5.91 Å². The Hall–Kier alpha value is -4.11. The topological polar surface area (TPSA) is 102 Å². The van der Waals surface area contributed by atoms with Gasteiger partial charge in [0.2, 0.25) is 5.78 Å². The first-order valence-corrected chi connectivity index (χ1v) is 11.8. The zero-order valence-electron chi connectivity index (χ0n) is 19.3. The summed E-state index contributed by atoms with van der Waals surface area (Å²) in [6, 6.07) is 14.8. The van der Waals surface area contributed by atoms with Crippen molar-refractivity contribution in [3.8, 4) is 11.5 Å². The highest BCUT2D eigenvalue weighted by Crippen LogP contribution is 2.45. The van der Waals surface area contributed by atoms with Crippen LogP contribution in [0.4, 0.5) is 5.13 Å². The van der Waals surface area contributed by atoms with Crippen molar-refractivity contribution in [2.24, 2.45) is 0 Å². The molecule has 0 saturated carbocycles. The number of ether oxygens (including phenoxy) is 2. The van der Waals surface area contributed by atoms with Gasteiger partial charge in [-0.2, -0.15) is 0 Å². The average molecular weight is 491 g/mol. The first kappa shape index (κ1) is 22.7. The second-order valence-electron chi connectivity index (χ2n) is 7.91. The van der Waals surface area contributed by atoms with Crippen LogP contribution in [0.5, 0.6) is 11.5 Å². The molecule has 178 valence electrons. The summed E-state index contributed by atoms with van der Waals surface area (Å²) < 4.78 is 17.3. The lowest BCUT2D eigenvalue weighted by Gasteiger charge is -2.24. The van der Waals surface area contributed by atoms with Crippen LogP contribution in [0.1, 0.15) is 34.8 Å². The van der Waals surface area contributed by atoms with Crippen LogP contribution in [0, 0.1) is 6.92 Å². The summed E-state index contributed by atoms with van der Waals surface area (Å²) in [5.41, 5.74) is 1.18. The Balaban J connectivity index is 1.65. The van der Waals surface area contributed by atoms with E-state index in [-0.39, 0.29) is 11.3 Å². The Morgan fingerprint density at radius 2 is 2.00 bits per heavy atom. The number of fused-ring (bicyclic) bond motifs is 1. The monoisotopic (exact) mass is 490 g/mol. The number of aryl methyl sites for hydroxylation is 1. The Labute approximate surface area is 205 Å². The lowest BCUT2D eigenvalue weighted by molar-refractivity contribution is -0.117. The van der Waals surface area contributed by atoms with Crippen molar-refractivity contribution in [3.05, 3.63) is 83.0 Å². The minimum Gasteiger partial charge on any atom is -0.503 e. The fraction of sp³-hybridized carbons (Fsp3) is 0.192. The van der Waals surface area contributed by atoms with Gasteiger partial charge in [-0.1, -0.05) is 23.5 Å². The number of rotatable bonds is 7. The quantitative estimate of drug-likeness (QED) is 0.347. The fourth-order valence-electron chi connectivity index (χ4n) is 4.10. The van der Waals surface area contributed by atoms with Gasteiger partial charge in [0.05, 0.1) is 35.5 Å². The van der Waals surface area contributed by atoms with E-state index in [1.54, 1.807) is 37.3 Å². The smallest absolute Gasteiger partial charge is 0.296 e. The number of hydrogen-bond donors (Lipinski definition) is 1. The first-order valence-electron chi connectivity index (χ1n) is 11.0. The van der Waals surface area contributed by atoms with Crippen LogP contribution in [0.25, 0.3) is 10.2 Å². The number of carbonyl (C=O) groups is 2. The maximum Gasteiger partial charge on any atom is 0.296 e. The number of aliphatic hydroxyl groups excluding tert-OH is 1. The molecule has 2 aromatic heterocycles. The van der Waals surface area contributed by atoms with Crippen molar-refractivity contribution in [1.29, 1.82) is 0 Å². The number of anilines is 1. The van der Waals surface area contributed by atoms with Crippen molar-refractivity contribution in [3.63, 3.8) is 0 Å². The van der Waals surface area contributed by atoms with Gasteiger partial charge in [-0.15, -0.1) is 0 Å². The third kappa shape index (κ3) is 3.93. The minimum absolute atomic E-state index is 0.0391. The van der Waals surface area contributed by atoms with Gasteiger partial charge in [-0.05, 0) is 61.9 Å². The molecule has 35 heavy (non-hydrogen) atoms. The van der Waals surface area contributed by atoms with Gasteiger partial charge in [-0.25, -0.2) is 4.98 Å². The molecule has 1 amide bonds.